The maximum Gasteiger partial charge on any atom is 0.161 e. The van der Waals surface area contributed by atoms with E-state index in [9.17, 15) is 0 Å². The largest absolute Gasteiger partial charge is 0.493 e. The maximum atomic E-state index is 6.03. The van der Waals surface area contributed by atoms with Gasteiger partial charge in [0.25, 0.3) is 0 Å². The molecule has 1 aliphatic rings. The molecule has 0 saturated carbocycles. The standard InChI is InChI=1S/C25H27NO3/c1-17-13-23(27-2)24(28-3)15-22(17)25-21-10-9-20(14-19(21)11-12-26-25)29-16-18-7-5-4-6-8-18/h4-10,13-15,25-26H,11-12,16H2,1-3H3. The normalized spacial score (nSPS) is 15.5. The van der Waals surface area contributed by atoms with Crippen LogP contribution in [0.25, 0.3) is 0 Å². The van der Waals surface area contributed by atoms with Crippen LogP contribution in [0.2, 0.25) is 0 Å². The zero-order valence-corrected chi connectivity index (χ0v) is 17.2. The Kier molecular flexibility index (Phi) is 5.72. The zero-order chi connectivity index (χ0) is 20.2. The van der Waals surface area contributed by atoms with Gasteiger partial charge in [0.15, 0.2) is 11.5 Å². The highest BCUT2D eigenvalue weighted by Gasteiger charge is 2.24. The highest BCUT2D eigenvalue weighted by molar-refractivity contribution is 5.52. The van der Waals surface area contributed by atoms with Crippen molar-refractivity contribution in [2.45, 2.75) is 26.0 Å². The third kappa shape index (κ3) is 4.08. The predicted octanol–water partition coefficient (Wildman–Crippen LogP) is 4.83. The molecule has 4 heteroatoms. The molecule has 0 aliphatic carbocycles. The lowest BCUT2D eigenvalue weighted by atomic mass is 9.87. The summed E-state index contributed by atoms with van der Waals surface area (Å²) in [4.78, 5) is 0. The maximum absolute atomic E-state index is 6.03. The van der Waals surface area contributed by atoms with Crippen molar-refractivity contribution >= 4 is 0 Å². The van der Waals surface area contributed by atoms with E-state index in [2.05, 4.69) is 48.6 Å². The fourth-order valence-corrected chi connectivity index (χ4v) is 3.96. The van der Waals surface area contributed by atoms with Crippen molar-refractivity contribution in [3.63, 3.8) is 0 Å². The number of methoxy groups -OCH3 is 2. The second-order valence-electron chi connectivity index (χ2n) is 7.34. The second kappa shape index (κ2) is 8.58. The molecule has 4 nitrogen and oxygen atoms in total. The molecule has 1 N–H and O–H groups in total. The Morgan fingerprint density at radius 3 is 2.41 bits per heavy atom. The minimum absolute atomic E-state index is 0.127. The van der Waals surface area contributed by atoms with Gasteiger partial charge >= 0.3 is 0 Å². The molecule has 1 heterocycles. The SMILES string of the molecule is COc1cc(C)c(C2NCCc3cc(OCc4ccccc4)ccc32)cc1OC. The van der Waals surface area contributed by atoms with Crippen LogP contribution in [-0.2, 0) is 13.0 Å². The fourth-order valence-electron chi connectivity index (χ4n) is 3.96. The van der Waals surface area contributed by atoms with E-state index in [-0.39, 0.29) is 6.04 Å². The van der Waals surface area contributed by atoms with Crippen LogP contribution in [0, 0.1) is 6.92 Å². The molecule has 0 radical (unpaired) electrons. The smallest absolute Gasteiger partial charge is 0.161 e. The molecule has 0 fully saturated rings. The molecular weight excluding hydrogens is 362 g/mol. The molecule has 3 aromatic carbocycles. The first kappa shape index (κ1) is 19.3. The van der Waals surface area contributed by atoms with Crippen molar-refractivity contribution in [1.82, 2.24) is 5.32 Å². The van der Waals surface area contributed by atoms with Crippen LogP contribution in [0.1, 0.15) is 33.9 Å². The van der Waals surface area contributed by atoms with Crippen LogP contribution in [0.5, 0.6) is 17.2 Å². The average molecular weight is 389 g/mol. The van der Waals surface area contributed by atoms with Gasteiger partial charge in [-0.2, -0.15) is 0 Å². The summed E-state index contributed by atoms with van der Waals surface area (Å²) in [6.45, 7) is 3.62. The van der Waals surface area contributed by atoms with Crippen LogP contribution in [0.3, 0.4) is 0 Å². The minimum Gasteiger partial charge on any atom is -0.493 e. The van der Waals surface area contributed by atoms with Crippen molar-refractivity contribution in [3.8, 4) is 17.2 Å². The van der Waals surface area contributed by atoms with Crippen LogP contribution in [0.4, 0.5) is 0 Å². The fraction of sp³-hybridized carbons (Fsp3) is 0.280. The van der Waals surface area contributed by atoms with Crippen molar-refractivity contribution in [2.24, 2.45) is 0 Å². The highest BCUT2D eigenvalue weighted by Crippen LogP contribution is 2.38. The number of fused-ring (bicyclic) bond motifs is 1. The Balaban J connectivity index is 1.60. The summed E-state index contributed by atoms with van der Waals surface area (Å²) >= 11 is 0. The van der Waals surface area contributed by atoms with Gasteiger partial charge in [0, 0.05) is 6.54 Å². The van der Waals surface area contributed by atoms with Crippen molar-refractivity contribution in [2.75, 3.05) is 20.8 Å². The summed E-state index contributed by atoms with van der Waals surface area (Å²) in [6.07, 6.45) is 0.987. The molecule has 150 valence electrons. The summed E-state index contributed by atoms with van der Waals surface area (Å²) in [5.74, 6) is 2.43. The third-order valence-corrected chi connectivity index (χ3v) is 5.50. The van der Waals surface area contributed by atoms with Crippen molar-refractivity contribution in [3.05, 3.63) is 88.5 Å². The topological polar surface area (TPSA) is 39.7 Å². The molecule has 0 saturated heterocycles. The van der Waals surface area contributed by atoms with Gasteiger partial charge in [-0.3, -0.25) is 0 Å². The van der Waals surface area contributed by atoms with E-state index in [1.807, 2.05) is 24.3 Å². The Labute approximate surface area is 172 Å². The van der Waals surface area contributed by atoms with E-state index in [0.717, 1.165) is 30.2 Å². The van der Waals surface area contributed by atoms with Crippen LogP contribution in [0.15, 0.2) is 60.7 Å². The first-order valence-corrected chi connectivity index (χ1v) is 9.95. The second-order valence-corrected chi connectivity index (χ2v) is 7.34. The summed E-state index contributed by atoms with van der Waals surface area (Å²) < 4.78 is 17.0. The summed E-state index contributed by atoms with van der Waals surface area (Å²) in [5.41, 5.74) is 6.18. The lowest BCUT2D eigenvalue weighted by molar-refractivity contribution is 0.305. The minimum atomic E-state index is 0.127. The van der Waals surface area contributed by atoms with E-state index in [1.165, 1.54) is 27.8 Å². The van der Waals surface area contributed by atoms with Crippen LogP contribution < -0.4 is 19.5 Å². The van der Waals surface area contributed by atoms with Gasteiger partial charge in [-0.15, -0.1) is 0 Å². The predicted molar refractivity (Wildman–Crippen MR) is 115 cm³/mol. The molecule has 0 bridgehead atoms. The van der Waals surface area contributed by atoms with Gasteiger partial charge in [-0.05, 0) is 65.4 Å². The first-order chi connectivity index (χ1) is 14.2. The van der Waals surface area contributed by atoms with Gasteiger partial charge < -0.3 is 19.5 Å². The van der Waals surface area contributed by atoms with E-state index in [4.69, 9.17) is 14.2 Å². The monoisotopic (exact) mass is 389 g/mol. The Bertz CT molecular complexity index is 985. The van der Waals surface area contributed by atoms with Crippen LogP contribution >= 0.6 is 0 Å². The average Bonchev–Trinajstić information content (AvgIpc) is 2.77. The Hall–Kier alpha value is -2.98. The molecular formula is C25H27NO3. The molecule has 29 heavy (non-hydrogen) atoms. The lowest BCUT2D eigenvalue weighted by Gasteiger charge is -2.29. The molecule has 1 unspecified atom stereocenters. The number of aryl methyl sites for hydroxylation is 1. The van der Waals surface area contributed by atoms with Crippen molar-refractivity contribution < 1.29 is 14.2 Å². The van der Waals surface area contributed by atoms with Gasteiger partial charge in [0.1, 0.15) is 12.4 Å². The zero-order valence-electron chi connectivity index (χ0n) is 17.2. The van der Waals surface area contributed by atoms with E-state index in [0.29, 0.717) is 6.61 Å². The van der Waals surface area contributed by atoms with E-state index < -0.39 is 0 Å². The number of hydrogen-bond donors (Lipinski definition) is 1. The van der Waals surface area contributed by atoms with E-state index in [1.54, 1.807) is 14.2 Å². The van der Waals surface area contributed by atoms with Crippen LogP contribution in [-0.4, -0.2) is 20.8 Å². The molecule has 1 aliphatic heterocycles. The van der Waals surface area contributed by atoms with E-state index >= 15 is 0 Å². The van der Waals surface area contributed by atoms with Gasteiger partial charge in [0.05, 0.1) is 20.3 Å². The van der Waals surface area contributed by atoms with Crippen molar-refractivity contribution in [1.29, 1.82) is 0 Å². The number of hydrogen-bond acceptors (Lipinski definition) is 4. The molecule has 3 aromatic rings. The highest BCUT2D eigenvalue weighted by atomic mass is 16.5. The van der Waals surface area contributed by atoms with Gasteiger partial charge in [-0.1, -0.05) is 36.4 Å². The number of nitrogens with one attached hydrogen (secondary N) is 1. The number of rotatable bonds is 6. The molecule has 1 atom stereocenters. The number of benzene rings is 3. The van der Waals surface area contributed by atoms with Gasteiger partial charge in [0.2, 0.25) is 0 Å². The summed E-state index contributed by atoms with van der Waals surface area (Å²) in [5, 5.41) is 3.66. The number of ether oxygens (including phenoxy) is 3. The van der Waals surface area contributed by atoms with Gasteiger partial charge in [-0.25, -0.2) is 0 Å². The summed E-state index contributed by atoms with van der Waals surface area (Å²) in [7, 11) is 3.34. The molecule has 4 rings (SSSR count). The lowest BCUT2D eigenvalue weighted by Crippen LogP contribution is -2.31. The first-order valence-electron chi connectivity index (χ1n) is 9.95. The molecule has 0 amide bonds. The molecule has 0 aromatic heterocycles. The third-order valence-electron chi connectivity index (χ3n) is 5.50. The summed E-state index contributed by atoms with van der Waals surface area (Å²) in [6, 6.07) is 20.9. The Morgan fingerprint density at radius 2 is 1.66 bits per heavy atom. The Morgan fingerprint density at radius 1 is 0.897 bits per heavy atom. The molecule has 0 spiro atoms. The quantitative estimate of drug-likeness (QED) is 0.656.